The summed E-state index contributed by atoms with van der Waals surface area (Å²) in [6.07, 6.45) is 0.667. The minimum atomic E-state index is -1.11. The lowest BCUT2D eigenvalue weighted by Gasteiger charge is -1.91. The fourth-order valence-electron chi connectivity index (χ4n) is 0.500. The lowest BCUT2D eigenvalue weighted by molar-refractivity contribution is -0.136. The van der Waals surface area contributed by atoms with Gasteiger partial charge in [0.15, 0.2) is 0 Å². The Bertz CT molecular complexity index is 180. The Labute approximate surface area is 57.8 Å². The lowest BCUT2D eigenvalue weighted by Crippen LogP contribution is -1.97. The highest BCUT2D eigenvalue weighted by atomic mass is 16.4. The molecule has 0 heterocycles. The monoisotopic (exact) mass is 147 g/mol. The highest BCUT2D eigenvalue weighted by molar-refractivity contribution is 5.82. The molecule has 0 fully saturated rings. The Kier molecular flexibility index (Phi) is 3.17. The smallest absolute Gasteiger partial charge is 0.328 e. The molecule has 0 spiro atoms. The molecule has 4 nitrogen and oxygen atoms in total. The van der Waals surface area contributed by atoms with Crippen molar-refractivity contribution in [3.8, 4) is 0 Å². The van der Waals surface area contributed by atoms with Crippen molar-refractivity contribution in [2.45, 2.75) is 13.3 Å². The fraction of sp³-hybridized carbons (Fsp3) is 0.333. The zero-order valence-corrected chi connectivity index (χ0v) is 5.50. The molecule has 56 valence electrons. The molecule has 0 aromatic carbocycles. The van der Waals surface area contributed by atoms with Crippen LogP contribution in [0.1, 0.15) is 13.3 Å². The Balaban J connectivity index is 3.95. The predicted octanol–water partition coefficient (Wildman–Crippen LogP) is 0.492. The summed E-state index contributed by atoms with van der Waals surface area (Å²) in [6, 6.07) is 0. The molecule has 0 aromatic rings. The third-order valence-electron chi connectivity index (χ3n) is 0.800. The maximum atomic E-state index is 9.96. The van der Waals surface area contributed by atoms with E-state index >= 15 is 0 Å². The summed E-state index contributed by atoms with van der Waals surface area (Å²) in [4.78, 5) is 19.9. The predicted molar refractivity (Wildman–Crippen MR) is 33.6 cm³/mol. The van der Waals surface area contributed by atoms with Crippen LogP contribution >= 0.6 is 0 Å². The Hall–Kier alpha value is -1.32. The van der Waals surface area contributed by atoms with E-state index in [0.717, 1.165) is 6.08 Å². The summed E-state index contributed by atoms with van der Waals surface area (Å²) in [5, 5.41) is 16.3. The van der Waals surface area contributed by atoms with Gasteiger partial charge in [-0.3, -0.25) is 4.79 Å². The molecule has 0 bridgehead atoms. The first-order chi connectivity index (χ1) is 4.52. The number of aliphatic carboxylic acids is 2. The van der Waals surface area contributed by atoms with Crippen LogP contribution in [0.2, 0.25) is 0 Å². The Morgan fingerprint density at radius 2 is 1.90 bits per heavy atom. The second kappa shape index (κ2) is 3.66. The molecule has 0 aromatic heterocycles. The zero-order chi connectivity index (χ0) is 8.15. The average Bonchev–Trinajstić information content (AvgIpc) is 1.58. The minimum absolute atomic E-state index is 0.216. The molecule has 0 atom stereocenters. The largest absolute Gasteiger partial charge is 0.481 e. The van der Waals surface area contributed by atoms with E-state index in [9.17, 15) is 9.59 Å². The van der Waals surface area contributed by atoms with Crippen LogP contribution < -0.4 is 0 Å². The van der Waals surface area contributed by atoms with Gasteiger partial charge in [-0.25, -0.2) is 4.79 Å². The van der Waals surface area contributed by atoms with Gasteiger partial charge in [0.25, 0.3) is 0 Å². The van der Waals surface area contributed by atoms with Gasteiger partial charge >= 0.3 is 11.9 Å². The van der Waals surface area contributed by atoms with Gasteiger partial charge < -0.3 is 10.2 Å². The van der Waals surface area contributed by atoms with Crippen molar-refractivity contribution in [2.75, 3.05) is 0 Å². The van der Waals surface area contributed by atoms with Crippen LogP contribution in [-0.4, -0.2) is 22.2 Å². The van der Waals surface area contributed by atoms with Gasteiger partial charge in [0.1, 0.15) is 0 Å². The highest BCUT2D eigenvalue weighted by Gasteiger charge is 1.99. The summed E-state index contributed by atoms with van der Waals surface area (Å²) in [7, 11) is 0. The van der Waals surface area contributed by atoms with E-state index < -0.39 is 11.9 Å². The van der Waals surface area contributed by atoms with Gasteiger partial charge in [-0.15, -0.1) is 0 Å². The van der Waals surface area contributed by atoms with Gasteiger partial charge in [0.05, 0.1) is 6.42 Å². The molecule has 0 unspecified atom stereocenters. The van der Waals surface area contributed by atoms with Crippen LogP contribution in [-0.2, 0) is 9.59 Å². The molecule has 10 heavy (non-hydrogen) atoms. The van der Waals surface area contributed by atoms with E-state index in [1.807, 2.05) is 0 Å². The van der Waals surface area contributed by atoms with Gasteiger partial charge in [-0.1, -0.05) is 5.57 Å². The zero-order valence-electron chi connectivity index (χ0n) is 5.50. The topological polar surface area (TPSA) is 74.6 Å². The normalized spacial score (nSPS) is 11.1. The summed E-state index contributed by atoms with van der Waals surface area (Å²) in [5.74, 6) is -2.13. The molecule has 0 saturated heterocycles. The van der Waals surface area contributed by atoms with E-state index in [-0.39, 0.29) is 6.42 Å². The van der Waals surface area contributed by atoms with Crippen LogP contribution in [0, 0.1) is 0 Å². The molecular formula is C6H8O4. The number of hydrogen-bond donors (Lipinski definition) is 2. The second-order valence-electron chi connectivity index (χ2n) is 1.90. The van der Waals surface area contributed by atoms with Crippen molar-refractivity contribution in [1.29, 1.82) is 0 Å². The first kappa shape index (κ1) is 8.68. The maximum Gasteiger partial charge on any atom is 0.328 e. The molecular weight excluding hydrogens is 139 g/mol. The van der Waals surface area contributed by atoms with E-state index in [1.54, 1.807) is 0 Å². The van der Waals surface area contributed by atoms with Gasteiger partial charge in [0, 0.05) is 6.08 Å². The van der Waals surface area contributed by atoms with Crippen molar-refractivity contribution in [3.05, 3.63) is 11.6 Å². The standard InChI is InChI=1S/C6H8O4/c1-4(2-5(7)8)3-6(9)10/h2H,3H2,1H3,(H,7,8)(H,9,10)/i1+1,2+1,3+1. The van der Waals surface area contributed by atoms with Crippen LogP contribution in [0.5, 0.6) is 0 Å². The Morgan fingerprint density at radius 1 is 1.40 bits per heavy atom. The lowest BCUT2D eigenvalue weighted by atomic mass is 10.6. The minimum Gasteiger partial charge on any atom is -0.481 e. The molecule has 0 amide bonds. The van der Waals surface area contributed by atoms with E-state index in [4.69, 9.17) is 10.2 Å². The van der Waals surface area contributed by atoms with E-state index in [0.29, 0.717) is 5.57 Å². The highest BCUT2D eigenvalue weighted by Crippen LogP contribution is 1.97. The van der Waals surface area contributed by atoms with Crippen LogP contribution in [0.15, 0.2) is 11.6 Å². The third-order valence-corrected chi connectivity index (χ3v) is 0.800. The molecule has 0 aliphatic heterocycles. The van der Waals surface area contributed by atoms with Crippen LogP contribution in [0.3, 0.4) is 0 Å². The molecule has 0 aliphatic carbocycles. The number of carbonyl (C=O) groups is 2. The molecule has 0 aliphatic rings. The fourth-order valence-corrected chi connectivity index (χ4v) is 0.500. The van der Waals surface area contributed by atoms with Crippen LogP contribution in [0.4, 0.5) is 0 Å². The first-order valence-electron chi connectivity index (χ1n) is 2.64. The van der Waals surface area contributed by atoms with Crippen molar-refractivity contribution in [2.24, 2.45) is 0 Å². The summed E-state index contributed by atoms with van der Waals surface area (Å²) in [5.41, 5.74) is 0.333. The number of hydrogen-bond acceptors (Lipinski definition) is 2. The Morgan fingerprint density at radius 3 is 2.20 bits per heavy atom. The average molecular weight is 147 g/mol. The quantitative estimate of drug-likeness (QED) is 0.450. The SMILES string of the molecule is [13CH3]C(=[13CH]C(=O)O)[13CH2]C(=O)O. The van der Waals surface area contributed by atoms with Crippen molar-refractivity contribution < 1.29 is 19.8 Å². The second-order valence-corrected chi connectivity index (χ2v) is 1.90. The van der Waals surface area contributed by atoms with Gasteiger partial charge in [0.2, 0.25) is 0 Å². The molecule has 2 N–H and O–H groups in total. The number of carboxylic acid groups (broad SMARTS) is 2. The van der Waals surface area contributed by atoms with Crippen molar-refractivity contribution in [3.63, 3.8) is 0 Å². The third kappa shape index (κ3) is 4.83. The summed E-state index contributed by atoms with van der Waals surface area (Å²) < 4.78 is 0. The summed E-state index contributed by atoms with van der Waals surface area (Å²) >= 11 is 0. The molecule has 4 heteroatoms. The van der Waals surface area contributed by atoms with Crippen molar-refractivity contribution in [1.82, 2.24) is 0 Å². The first-order valence-corrected chi connectivity index (χ1v) is 2.64. The van der Waals surface area contributed by atoms with E-state index in [2.05, 4.69) is 0 Å². The van der Waals surface area contributed by atoms with Crippen LogP contribution in [0.25, 0.3) is 0 Å². The van der Waals surface area contributed by atoms with Crippen molar-refractivity contribution >= 4 is 11.9 Å². The van der Waals surface area contributed by atoms with Gasteiger partial charge in [-0.05, 0) is 6.92 Å². The van der Waals surface area contributed by atoms with E-state index in [1.165, 1.54) is 6.92 Å². The number of rotatable bonds is 3. The van der Waals surface area contributed by atoms with Gasteiger partial charge in [-0.2, -0.15) is 0 Å². The molecule has 0 radical (unpaired) electrons. The number of carboxylic acids is 2. The maximum absolute atomic E-state index is 9.96. The molecule has 0 saturated carbocycles. The summed E-state index contributed by atoms with van der Waals surface area (Å²) in [6.45, 7) is 1.46. The molecule has 0 rings (SSSR count).